The molecule has 0 saturated heterocycles. The minimum Gasteiger partial charge on any atom is -0.258 e. The maximum Gasteiger partial charge on any atom is 0.152 e. The zero-order chi connectivity index (χ0) is 11.5. The molecule has 3 heteroatoms. The first-order chi connectivity index (χ1) is 7.72. The van der Waals surface area contributed by atoms with Gasteiger partial charge in [0.2, 0.25) is 0 Å². The largest absolute Gasteiger partial charge is 0.258 e. The summed E-state index contributed by atoms with van der Waals surface area (Å²) in [5, 5.41) is 0.959. The Morgan fingerprint density at radius 2 is 2.06 bits per heavy atom. The monoisotopic (exact) mass is 220 g/mol. The predicted octanol–water partition coefficient (Wildman–Crippen LogP) is 3.86. The van der Waals surface area contributed by atoms with Crippen LogP contribution >= 0.6 is 0 Å². The summed E-state index contributed by atoms with van der Waals surface area (Å²) in [7, 11) is 0. The van der Waals surface area contributed by atoms with Crippen LogP contribution in [0.2, 0.25) is 0 Å². The van der Waals surface area contributed by atoms with Gasteiger partial charge in [-0.25, -0.2) is 8.78 Å². The molecule has 0 aliphatic heterocycles. The Kier molecular flexibility index (Phi) is 3.13. The number of hydrogen-bond acceptors (Lipinski definition) is 1. The molecule has 0 aliphatic carbocycles. The first-order valence-electron chi connectivity index (χ1n) is 5.45. The van der Waals surface area contributed by atoms with Crippen LogP contribution in [-0.2, 0) is 6.42 Å². The van der Waals surface area contributed by atoms with Crippen molar-refractivity contribution >= 4 is 10.8 Å². The maximum atomic E-state index is 13.9. The molecule has 0 atom stereocenters. The number of hydrogen-bond donors (Lipinski definition) is 0. The Bertz CT molecular complexity index is 509. The highest BCUT2D eigenvalue weighted by molar-refractivity contribution is 5.82. The third-order valence-electron chi connectivity index (χ3n) is 2.63. The molecule has 16 heavy (non-hydrogen) atoms. The quantitative estimate of drug-likeness (QED) is 0.765. The third kappa shape index (κ3) is 2.03. The van der Waals surface area contributed by atoms with Crippen molar-refractivity contribution in [3.63, 3.8) is 0 Å². The van der Waals surface area contributed by atoms with Gasteiger partial charge in [0.1, 0.15) is 5.82 Å². The van der Waals surface area contributed by atoms with Gasteiger partial charge in [-0.2, -0.15) is 0 Å². The lowest BCUT2D eigenvalue weighted by Crippen LogP contribution is -1.96. The fourth-order valence-electron chi connectivity index (χ4n) is 1.72. The van der Waals surface area contributed by atoms with E-state index >= 15 is 0 Å². The fourth-order valence-corrected chi connectivity index (χ4v) is 1.72. The van der Waals surface area contributed by atoms with Crippen molar-refractivity contribution in [1.29, 1.82) is 0 Å². The van der Waals surface area contributed by atoms with Crippen LogP contribution in [0.25, 0.3) is 10.8 Å². The van der Waals surface area contributed by atoms with Crippen molar-refractivity contribution in [2.75, 3.05) is 0 Å². The summed E-state index contributed by atoms with van der Waals surface area (Å²) in [5.41, 5.74) is 0.473. The van der Waals surface area contributed by atoms with E-state index in [0.29, 0.717) is 22.9 Å². The number of aromatic nitrogens is 1. The van der Waals surface area contributed by atoms with E-state index in [-0.39, 0.29) is 11.6 Å². The van der Waals surface area contributed by atoms with Gasteiger partial charge in [0, 0.05) is 17.0 Å². The lowest BCUT2D eigenvalue weighted by molar-refractivity contribution is 0.601. The number of aryl methyl sites for hydroxylation is 1. The summed E-state index contributed by atoms with van der Waals surface area (Å²) < 4.78 is 26.9. The van der Waals surface area contributed by atoms with Gasteiger partial charge >= 0.3 is 0 Å². The average molecular weight is 220 g/mol. The van der Waals surface area contributed by atoms with Crippen molar-refractivity contribution in [2.45, 2.75) is 26.2 Å². The number of rotatable bonds is 3. The molecular weight excluding hydrogens is 207 g/mol. The second-order valence-corrected chi connectivity index (χ2v) is 3.85. The van der Waals surface area contributed by atoms with E-state index in [1.807, 2.05) is 6.92 Å². The van der Waals surface area contributed by atoms with Crippen molar-refractivity contribution < 1.29 is 8.78 Å². The Hall–Kier alpha value is -1.51. The molecule has 0 radical (unpaired) electrons. The van der Waals surface area contributed by atoms with Crippen LogP contribution < -0.4 is 0 Å². The maximum absolute atomic E-state index is 13.9. The molecule has 2 aromatic rings. The van der Waals surface area contributed by atoms with E-state index in [1.165, 1.54) is 24.4 Å². The highest BCUT2D eigenvalue weighted by Gasteiger charge is 2.08. The van der Waals surface area contributed by atoms with Crippen LogP contribution in [0, 0.1) is 11.6 Å². The van der Waals surface area contributed by atoms with Gasteiger partial charge in [-0.1, -0.05) is 13.3 Å². The normalized spacial score (nSPS) is 10.9. The molecule has 0 saturated carbocycles. The number of pyridine rings is 1. The number of fused-ring (bicyclic) bond motifs is 1. The Labute approximate surface area is 93.1 Å². The van der Waals surface area contributed by atoms with Crippen molar-refractivity contribution in [3.05, 3.63) is 41.7 Å². The van der Waals surface area contributed by atoms with Crippen LogP contribution in [0.3, 0.4) is 0 Å². The van der Waals surface area contributed by atoms with Crippen LogP contribution in [0.5, 0.6) is 0 Å². The highest BCUT2D eigenvalue weighted by atomic mass is 19.1. The number of benzene rings is 1. The third-order valence-corrected chi connectivity index (χ3v) is 2.63. The lowest BCUT2D eigenvalue weighted by atomic mass is 10.1. The number of nitrogens with zero attached hydrogens (tertiary/aromatic N) is 1. The van der Waals surface area contributed by atoms with Crippen LogP contribution in [0.15, 0.2) is 24.4 Å². The molecule has 0 amide bonds. The smallest absolute Gasteiger partial charge is 0.152 e. The fraction of sp³-hybridized carbons (Fsp3) is 0.308. The summed E-state index contributed by atoms with van der Waals surface area (Å²) in [6.07, 6.45) is 4.08. The lowest BCUT2D eigenvalue weighted by Gasteiger charge is -2.05. The Morgan fingerprint density at radius 3 is 2.81 bits per heavy atom. The van der Waals surface area contributed by atoms with E-state index in [1.54, 1.807) is 0 Å². The zero-order valence-electron chi connectivity index (χ0n) is 9.13. The number of unbranched alkanes of at least 4 members (excludes halogenated alkanes) is 1. The molecule has 0 aliphatic rings. The van der Waals surface area contributed by atoms with Crippen LogP contribution in [0.1, 0.15) is 25.5 Å². The SMILES string of the molecule is CCCCc1ncc2cc(F)ccc2c1[18F]. The van der Waals surface area contributed by atoms with Gasteiger partial charge in [0.25, 0.3) is 0 Å². The molecule has 0 spiro atoms. The Morgan fingerprint density at radius 1 is 1.25 bits per heavy atom. The van der Waals surface area contributed by atoms with E-state index < -0.39 is 0 Å². The topological polar surface area (TPSA) is 12.9 Å². The average Bonchev–Trinajstić information content (AvgIpc) is 2.28. The summed E-state index contributed by atoms with van der Waals surface area (Å²) in [6.45, 7) is 2.05. The summed E-state index contributed by atoms with van der Waals surface area (Å²) in [6, 6.07) is 4.04. The molecule has 1 nitrogen and oxygen atoms in total. The Balaban J connectivity index is 2.48. The van der Waals surface area contributed by atoms with Gasteiger partial charge in [-0.3, -0.25) is 4.98 Å². The molecule has 1 aromatic heterocycles. The molecule has 0 unspecified atom stereocenters. The second kappa shape index (κ2) is 4.56. The van der Waals surface area contributed by atoms with Gasteiger partial charge in [0.05, 0.1) is 5.69 Å². The molecular formula is C13H13F2N. The van der Waals surface area contributed by atoms with E-state index in [2.05, 4.69) is 4.98 Å². The van der Waals surface area contributed by atoms with E-state index in [0.717, 1.165) is 12.8 Å². The summed E-state index contributed by atoms with van der Waals surface area (Å²) in [5.74, 6) is -0.680. The molecule has 0 bridgehead atoms. The zero-order valence-corrected chi connectivity index (χ0v) is 9.13. The molecule has 1 aromatic carbocycles. The van der Waals surface area contributed by atoms with E-state index in [4.69, 9.17) is 0 Å². The van der Waals surface area contributed by atoms with Crippen molar-refractivity contribution in [3.8, 4) is 0 Å². The molecule has 2 rings (SSSR count). The predicted molar refractivity (Wildman–Crippen MR) is 60.3 cm³/mol. The van der Waals surface area contributed by atoms with Crippen LogP contribution in [0.4, 0.5) is 8.78 Å². The second-order valence-electron chi connectivity index (χ2n) is 3.85. The van der Waals surface area contributed by atoms with Gasteiger partial charge in [0.15, 0.2) is 5.82 Å². The first kappa shape index (κ1) is 11.0. The minimum atomic E-state index is -0.366. The summed E-state index contributed by atoms with van der Waals surface area (Å²) >= 11 is 0. The minimum absolute atomic E-state index is 0.314. The molecule has 0 fully saturated rings. The van der Waals surface area contributed by atoms with Gasteiger partial charge in [-0.15, -0.1) is 0 Å². The van der Waals surface area contributed by atoms with Gasteiger partial charge in [-0.05, 0) is 31.0 Å². The highest BCUT2D eigenvalue weighted by Crippen LogP contribution is 2.21. The number of halogens is 2. The first-order valence-corrected chi connectivity index (χ1v) is 5.45. The van der Waals surface area contributed by atoms with Crippen LogP contribution in [-0.4, -0.2) is 4.98 Å². The molecule has 1 heterocycles. The molecule has 0 N–H and O–H groups in total. The van der Waals surface area contributed by atoms with E-state index in [9.17, 15) is 8.78 Å². The summed E-state index contributed by atoms with van der Waals surface area (Å²) in [4.78, 5) is 4.04. The molecule has 84 valence electrons. The standard InChI is InChI=1S/C13H13F2N/c1-2-3-4-12-13(15)11-6-5-10(14)7-9(11)8-16-12/h5-8H,2-4H2,1H3/i15-1. The van der Waals surface area contributed by atoms with Crippen molar-refractivity contribution in [1.82, 2.24) is 4.98 Å². The van der Waals surface area contributed by atoms with Crippen molar-refractivity contribution in [2.24, 2.45) is 0 Å². The van der Waals surface area contributed by atoms with Gasteiger partial charge < -0.3 is 0 Å².